The summed E-state index contributed by atoms with van der Waals surface area (Å²) in [7, 11) is 1.27. The first-order valence-electron chi connectivity index (χ1n) is 8.57. The van der Waals surface area contributed by atoms with Crippen LogP contribution in [-0.4, -0.2) is 30.7 Å². The van der Waals surface area contributed by atoms with Gasteiger partial charge >= 0.3 is 5.97 Å². The molecule has 2 rings (SSSR count). The highest BCUT2D eigenvalue weighted by molar-refractivity contribution is 6.14. The smallest absolute Gasteiger partial charge is 0.337 e. The lowest BCUT2D eigenvalue weighted by Crippen LogP contribution is -2.41. The second kappa shape index (κ2) is 8.47. The van der Waals surface area contributed by atoms with E-state index in [2.05, 4.69) is 15.4 Å². The second-order valence-corrected chi connectivity index (χ2v) is 6.74. The van der Waals surface area contributed by atoms with E-state index in [4.69, 9.17) is 0 Å². The van der Waals surface area contributed by atoms with Crippen molar-refractivity contribution in [3.05, 3.63) is 59.7 Å². The number of rotatable bonds is 6. The maximum absolute atomic E-state index is 12.6. The highest BCUT2D eigenvalue weighted by Gasteiger charge is 2.36. The molecule has 0 bridgehead atoms. The molecule has 0 aromatic heterocycles. The maximum Gasteiger partial charge on any atom is 0.337 e. The first kappa shape index (κ1) is 20.8. The van der Waals surface area contributed by atoms with Crippen LogP contribution in [0.4, 0.5) is 11.4 Å². The van der Waals surface area contributed by atoms with Crippen LogP contribution in [0.5, 0.6) is 0 Å². The fourth-order valence-corrected chi connectivity index (χ4v) is 2.34. The molecule has 2 aromatic rings. The molecule has 0 radical (unpaired) electrons. The zero-order valence-corrected chi connectivity index (χ0v) is 16.2. The molecule has 7 heteroatoms. The Hall–Kier alpha value is -3.48. The Bertz CT molecular complexity index is 934. The molecular weight excluding hydrogens is 360 g/mol. The summed E-state index contributed by atoms with van der Waals surface area (Å²) >= 11 is 0. The van der Waals surface area contributed by atoms with Crippen molar-refractivity contribution >= 4 is 34.9 Å². The van der Waals surface area contributed by atoms with E-state index in [0.717, 1.165) is 0 Å². The molecule has 0 unspecified atom stereocenters. The number of carbonyl (C=O) groups is 4. The average molecular weight is 382 g/mol. The largest absolute Gasteiger partial charge is 0.465 e. The Morgan fingerprint density at radius 2 is 1.29 bits per heavy atom. The minimum atomic E-state index is -1.41. The third-order valence-electron chi connectivity index (χ3n) is 4.20. The Morgan fingerprint density at radius 3 is 1.75 bits per heavy atom. The normalized spacial score (nSPS) is 10.7. The maximum atomic E-state index is 12.6. The van der Waals surface area contributed by atoms with Gasteiger partial charge in [0.05, 0.1) is 12.7 Å². The summed E-state index contributed by atoms with van der Waals surface area (Å²) < 4.78 is 4.65. The van der Waals surface area contributed by atoms with Crippen molar-refractivity contribution < 1.29 is 23.9 Å². The van der Waals surface area contributed by atoms with E-state index in [0.29, 0.717) is 16.9 Å². The van der Waals surface area contributed by atoms with Gasteiger partial charge in [-0.05, 0) is 51.1 Å². The summed E-state index contributed by atoms with van der Waals surface area (Å²) in [5.41, 5.74) is 0.120. The van der Waals surface area contributed by atoms with E-state index < -0.39 is 23.2 Å². The number of benzene rings is 2. The molecule has 0 saturated carbocycles. The molecule has 2 amide bonds. The van der Waals surface area contributed by atoms with Crippen LogP contribution >= 0.6 is 0 Å². The summed E-state index contributed by atoms with van der Waals surface area (Å²) in [6.07, 6.45) is 0. The number of carbonyl (C=O) groups excluding carboxylic acids is 4. The zero-order valence-electron chi connectivity index (χ0n) is 16.2. The van der Waals surface area contributed by atoms with Crippen molar-refractivity contribution in [2.45, 2.75) is 20.8 Å². The number of Topliss-reactive ketones (excluding diaryl/α,β-unsaturated/α-hetero) is 1. The highest BCUT2D eigenvalue weighted by atomic mass is 16.5. The summed E-state index contributed by atoms with van der Waals surface area (Å²) in [4.78, 5) is 48.4. The molecular formula is C21H22N2O5. The van der Waals surface area contributed by atoms with E-state index in [1.165, 1.54) is 33.9 Å². The number of ketones is 1. The van der Waals surface area contributed by atoms with E-state index in [-0.39, 0.29) is 11.3 Å². The lowest BCUT2D eigenvalue weighted by atomic mass is 9.90. The van der Waals surface area contributed by atoms with Crippen molar-refractivity contribution in [1.29, 1.82) is 0 Å². The Kier molecular flexibility index (Phi) is 6.30. The molecule has 0 heterocycles. The van der Waals surface area contributed by atoms with Crippen molar-refractivity contribution in [3.8, 4) is 0 Å². The summed E-state index contributed by atoms with van der Waals surface area (Å²) in [5, 5.41) is 5.29. The van der Waals surface area contributed by atoms with Crippen LogP contribution in [-0.2, 0) is 14.3 Å². The number of hydrogen-bond acceptors (Lipinski definition) is 5. The predicted molar refractivity (Wildman–Crippen MR) is 105 cm³/mol. The fourth-order valence-electron chi connectivity index (χ4n) is 2.34. The van der Waals surface area contributed by atoms with Gasteiger partial charge in [0.25, 0.3) is 0 Å². The molecule has 7 nitrogen and oxygen atoms in total. The number of esters is 1. The topological polar surface area (TPSA) is 102 Å². The van der Waals surface area contributed by atoms with Crippen LogP contribution in [0.3, 0.4) is 0 Å². The van der Waals surface area contributed by atoms with Gasteiger partial charge in [-0.15, -0.1) is 0 Å². The molecule has 0 spiro atoms. The van der Waals surface area contributed by atoms with Gasteiger partial charge in [0.15, 0.2) is 5.78 Å². The number of amides is 2. The van der Waals surface area contributed by atoms with E-state index in [9.17, 15) is 19.2 Å². The van der Waals surface area contributed by atoms with Crippen LogP contribution in [0.2, 0.25) is 0 Å². The number of methoxy groups -OCH3 is 1. The minimum Gasteiger partial charge on any atom is -0.465 e. The minimum absolute atomic E-state index is 0.126. The standard InChI is InChI=1S/C21H22N2O5/c1-13(24)14-7-5-9-16(11-14)22-19(26)21(2,3)20(27)23-17-10-6-8-15(12-17)18(25)28-4/h5-12H,1-4H3,(H,22,26)(H,23,27). The van der Waals surface area contributed by atoms with Gasteiger partial charge < -0.3 is 15.4 Å². The monoisotopic (exact) mass is 382 g/mol. The van der Waals surface area contributed by atoms with E-state index >= 15 is 0 Å². The van der Waals surface area contributed by atoms with Gasteiger partial charge in [0.2, 0.25) is 11.8 Å². The summed E-state index contributed by atoms with van der Waals surface area (Å²) in [6, 6.07) is 12.7. The van der Waals surface area contributed by atoms with E-state index in [1.807, 2.05) is 0 Å². The van der Waals surface area contributed by atoms with Crippen molar-refractivity contribution in [2.75, 3.05) is 17.7 Å². The average Bonchev–Trinajstić information content (AvgIpc) is 2.67. The van der Waals surface area contributed by atoms with Crippen molar-refractivity contribution in [1.82, 2.24) is 0 Å². The molecule has 2 N–H and O–H groups in total. The molecule has 28 heavy (non-hydrogen) atoms. The van der Waals surface area contributed by atoms with E-state index in [1.54, 1.807) is 42.5 Å². The third kappa shape index (κ3) is 4.82. The van der Waals surface area contributed by atoms with Gasteiger partial charge in [0, 0.05) is 16.9 Å². The quantitative estimate of drug-likeness (QED) is 0.454. The van der Waals surface area contributed by atoms with Gasteiger partial charge in [-0.3, -0.25) is 14.4 Å². The van der Waals surface area contributed by atoms with Gasteiger partial charge in [0.1, 0.15) is 5.41 Å². The molecule has 0 fully saturated rings. The van der Waals surface area contributed by atoms with Crippen LogP contribution < -0.4 is 10.6 Å². The Balaban J connectivity index is 2.13. The molecule has 0 saturated heterocycles. The molecule has 0 aliphatic carbocycles. The first-order chi connectivity index (χ1) is 13.1. The molecule has 0 aliphatic heterocycles. The summed E-state index contributed by atoms with van der Waals surface area (Å²) in [5.74, 6) is -1.73. The molecule has 2 aromatic carbocycles. The van der Waals surface area contributed by atoms with Crippen LogP contribution in [0.25, 0.3) is 0 Å². The number of anilines is 2. The fraction of sp³-hybridized carbons (Fsp3) is 0.238. The lowest BCUT2D eigenvalue weighted by Gasteiger charge is -2.23. The SMILES string of the molecule is COC(=O)c1cccc(NC(=O)C(C)(C)C(=O)Nc2cccc(C(C)=O)c2)c1. The number of ether oxygens (including phenoxy) is 1. The number of hydrogen-bond donors (Lipinski definition) is 2. The molecule has 0 aliphatic rings. The second-order valence-electron chi connectivity index (χ2n) is 6.74. The van der Waals surface area contributed by atoms with Gasteiger partial charge in [-0.2, -0.15) is 0 Å². The van der Waals surface area contributed by atoms with Crippen molar-refractivity contribution in [2.24, 2.45) is 5.41 Å². The summed E-state index contributed by atoms with van der Waals surface area (Å²) in [6.45, 7) is 4.40. The van der Waals surface area contributed by atoms with Crippen molar-refractivity contribution in [3.63, 3.8) is 0 Å². The van der Waals surface area contributed by atoms with Gasteiger partial charge in [-0.25, -0.2) is 4.79 Å². The van der Waals surface area contributed by atoms with Crippen LogP contribution in [0.15, 0.2) is 48.5 Å². The Labute approximate surface area is 163 Å². The Morgan fingerprint density at radius 1 is 0.821 bits per heavy atom. The highest BCUT2D eigenvalue weighted by Crippen LogP contribution is 2.23. The molecule has 146 valence electrons. The number of nitrogens with one attached hydrogen (secondary N) is 2. The third-order valence-corrected chi connectivity index (χ3v) is 4.20. The first-order valence-corrected chi connectivity index (χ1v) is 8.57. The van der Waals surface area contributed by atoms with Gasteiger partial charge in [-0.1, -0.05) is 18.2 Å². The van der Waals surface area contributed by atoms with Crippen LogP contribution in [0, 0.1) is 5.41 Å². The predicted octanol–water partition coefficient (Wildman–Crippen LogP) is 3.28. The lowest BCUT2D eigenvalue weighted by molar-refractivity contribution is -0.135. The zero-order chi connectivity index (χ0) is 20.9. The van der Waals surface area contributed by atoms with Crippen LogP contribution in [0.1, 0.15) is 41.5 Å². The molecule has 0 atom stereocenters.